The number of benzene rings is 4. The minimum Gasteiger partial charge on any atom is -0.492 e. The maximum absolute atomic E-state index is 14.8. The molecule has 10 heterocycles. The van der Waals surface area contributed by atoms with Crippen molar-refractivity contribution >= 4 is 112 Å². The number of alkyl carbamates (subject to hydrolysis) is 1. The smallest absolute Gasteiger partial charge is 0.414 e. The lowest BCUT2D eigenvalue weighted by Crippen LogP contribution is -2.55. The molecule has 43 heteroatoms. The molecule has 14 rings (SSSR count). The van der Waals surface area contributed by atoms with Gasteiger partial charge in [-0.2, -0.15) is 9.97 Å². The Kier molecular flexibility index (Phi) is 31.9. The van der Waals surface area contributed by atoms with Crippen molar-refractivity contribution in [1.29, 1.82) is 0 Å². The Balaban J connectivity index is 0.836. The molecule has 12 bridgehead atoms. The topological polar surface area (TPSA) is 534 Å². The third-order valence-electron chi connectivity index (χ3n) is 20.3. The first kappa shape index (κ1) is 91.8. The van der Waals surface area contributed by atoms with Crippen molar-refractivity contribution in [3.05, 3.63) is 206 Å². The van der Waals surface area contributed by atoms with Gasteiger partial charge in [0.2, 0.25) is 59.1 Å². The highest BCUT2D eigenvalue weighted by Gasteiger charge is 2.30. The van der Waals surface area contributed by atoms with Gasteiger partial charge in [0.15, 0.2) is 28.1 Å². The second-order valence-electron chi connectivity index (χ2n) is 29.8. The molecule has 10 N–H and O–H groups in total. The van der Waals surface area contributed by atoms with E-state index in [0.717, 1.165) is 50.9 Å². The summed E-state index contributed by atoms with van der Waals surface area (Å²) in [7, 11) is 0. The molecule has 4 aromatic carbocycles. The number of hydrogen-bond donors (Lipinski definition) is 10. The molecule has 2 atom stereocenters. The highest BCUT2D eigenvalue weighted by Crippen LogP contribution is 2.24. The molecule has 0 fully saturated rings. The number of aliphatic carboxylic acids is 1. The molecule has 5 aromatic heterocycles. The van der Waals surface area contributed by atoms with Crippen LogP contribution in [0.1, 0.15) is 77.5 Å². The van der Waals surface area contributed by atoms with Crippen LogP contribution in [0.5, 0.6) is 5.88 Å². The molecular weight excluding hydrogens is 1680 g/mol. The first-order chi connectivity index (χ1) is 62.3. The molecule has 0 aliphatic carbocycles. The van der Waals surface area contributed by atoms with Crippen LogP contribution in [0.3, 0.4) is 0 Å². The lowest BCUT2D eigenvalue weighted by atomic mass is 9.93. The SMILES string of the molecule is Cc1cn2c(=O)n(c1=O)Cc1ccc(cc1)C#CCCC1CC#Cc3ccc(cc3)COC(=O)Nc3ncnc4c3ncn4CC(=O)N(CCNC(=O)CN(C(=O)CN3C=CC(NC(=O)OCc4ccccc4)NC3=O)CCNC(=O)CCC1)CC(=O)NCCN(C(=O)Cn1cnc3c(O)nc(NC(=O)OCc4ccccc4)nc31)CC(=O)NCCN(CC(=O)O)C(=O)C2. The Hall–Kier alpha value is -16.4. The van der Waals surface area contributed by atoms with Gasteiger partial charge in [-0.3, -0.25) is 77.9 Å². The van der Waals surface area contributed by atoms with E-state index in [0.29, 0.717) is 65.5 Å². The average molecular weight is 1770 g/mol. The molecular formula is C86H91N23O20. The normalized spacial score (nSPS) is 16.8. The van der Waals surface area contributed by atoms with E-state index >= 15 is 0 Å². The van der Waals surface area contributed by atoms with Crippen molar-refractivity contribution in [2.45, 2.75) is 97.6 Å². The van der Waals surface area contributed by atoms with E-state index in [-0.39, 0.29) is 85.5 Å². The number of nitrogens with one attached hydrogen (secondary N) is 8. The number of carboxylic acids is 1. The van der Waals surface area contributed by atoms with Crippen molar-refractivity contribution in [3.8, 4) is 29.6 Å². The summed E-state index contributed by atoms with van der Waals surface area (Å²) >= 11 is 0. The van der Waals surface area contributed by atoms with E-state index < -0.39 is 198 Å². The molecule has 0 saturated carbocycles. The summed E-state index contributed by atoms with van der Waals surface area (Å²) in [6, 6.07) is 30.5. The Bertz CT molecular complexity index is 5960. The summed E-state index contributed by atoms with van der Waals surface area (Å²) in [4.78, 5) is 238. The number of carbonyl (C=O) groups is 13. The summed E-state index contributed by atoms with van der Waals surface area (Å²) in [6.45, 7) is -8.16. The zero-order chi connectivity index (χ0) is 91.3. The van der Waals surface area contributed by atoms with E-state index in [9.17, 15) is 82.1 Å². The standard InChI is InChI=1S/C86H91N23O20/c1-56-40-106-46-70(115)104(49-73(118)119)39-34-90-68(113)44-103(72(117)48-108-55-94-75-78(108)98-81(99-79(75)120)100-85(125)129-51-62-16-6-3-7-17-62)38-33-89-67(112)43-102-37-32-88-66(111)42-101(69(114)45-105-35-30-64(95-82(105)122)96-83(123)127-50-61-14-4-2-5-15-61)36-31-87-65(110)21-11-20-57(12-8-9-13-58-22-26-60(27-23-58)41-109(80(56)121)86(106)126)18-10-19-59-24-28-63(29-25-59)52-128-84(124)97-76-74-77(92-53-91-76)107(54-93-74)47-71(102)116/h2-7,14-17,22-30,35,40,53-55,57,64H,8,11-12,18,20-21,31-34,36-39,41-52H2,1H3,(H,87,110)(H,88,111)(H,89,112)(H,90,113)(H,95,122)(H,96,123)(H,118,119)(H,91,92,97,124)(H2,98,99,100,120,125). The highest BCUT2D eigenvalue weighted by atomic mass is 16.6. The van der Waals surface area contributed by atoms with Crippen LogP contribution in [0.4, 0.5) is 30.9 Å². The van der Waals surface area contributed by atoms with E-state index in [4.69, 9.17) is 14.2 Å². The van der Waals surface area contributed by atoms with Crippen molar-refractivity contribution in [1.82, 2.24) is 105 Å². The van der Waals surface area contributed by atoms with Gasteiger partial charge >= 0.3 is 36.0 Å². The number of rotatable bonds is 12. The molecule has 0 radical (unpaired) electrons. The third-order valence-corrected chi connectivity index (χ3v) is 20.3. The predicted molar refractivity (Wildman–Crippen MR) is 457 cm³/mol. The van der Waals surface area contributed by atoms with Crippen LogP contribution in [0, 0.1) is 36.5 Å². The monoisotopic (exact) mass is 1770 g/mol. The van der Waals surface area contributed by atoms with Gasteiger partial charge in [0.05, 0.1) is 38.8 Å². The number of ether oxygens (including phenoxy) is 3. The first-order valence-electron chi connectivity index (χ1n) is 40.9. The summed E-state index contributed by atoms with van der Waals surface area (Å²) in [6.07, 6.45) is 5.66. The molecule has 5 aliphatic heterocycles. The number of anilines is 2. The van der Waals surface area contributed by atoms with Gasteiger partial charge in [-0.05, 0) is 84.7 Å². The maximum atomic E-state index is 14.8. The molecule has 2 unspecified atom stereocenters. The number of carboxylic acid groups (broad SMARTS) is 1. The Labute approximate surface area is 735 Å². The van der Waals surface area contributed by atoms with E-state index in [1.807, 2.05) is 0 Å². The van der Waals surface area contributed by atoms with E-state index in [1.54, 1.807) is 109 Å². The second-order valence-corrected chi connectivity index (χ2v) is 29.8. The van der Waals surface area contributed by atoms with Gasteiger partial charge in [-0.25, -0.2) is 43.9 Å². The second kappa shape index (κ2) is 44.8. The molecule has 0 spiro atoms. The predicted octanol–water partition coefficient (Wildman–Crippen LogP) is 1.59. The fraction of sp³-hybridized carbons (Fsp3) is 0.337. The fourth-order valence-corrected chi connectivity index (χ4v) is 13.6. The summed E-state index contributed by atoms with van der Waals surface area (Å²) in [5.41, 5.74) is 1.86. The Morgan fingerprint density at radius 3 is 1.88 bits per heavy atom. The van der Waals surface area contributed by atoms with Crippen molar-refractivity contribution in [2.24, 2.45) is 5.92 Å². The Morgan fingerprint density at radius 2 is 1.21 bits per heavy atom. The van der Waals surface area contributed by atoms with Gasteiger partial charge in [0, 0.05) is 101 Å². The largest absolute Gasteiger partial charge is 0.492 e. The van der Waals surface area contributed by atoms with Crippen molar-refractivity contribution < 1.29 is 86.8 Å². The highest BCUT2D eigenvalue weighted by molar-refractivity contribution is 5.95. The summed E-state index contributed by atoms with van der Waals surface area (Å²) in [5, 5.41) is 41.7. The van der Waals surface area contributed by atoms with Crippen LogP contribution in [0.15, 0.2) is 156 Å². The lowest BCUT2D eigenvalue weighted by molar-refractivity contribution is -0.144. The third kappa shape index (κ3) is 27.1. The van der Waals surface area contributed by atoms with Gasteiger partial charge in [-0.15, -0.1) is 0 Å². The minimum atomic E-state index is -1.47. The number of imidazole rings is 2. The zero-order valence-corrected chi connectivity index (χ0v) is 69.8. The summed E-state index contributed by atoms with van der Waals surface area (Å²) in [5.74, 6) is 3.69. The van der Waals surface area contributed by atoms with Gasteiger partial charge < -0.3 is 79.7 Å². The van der Waals surface area contributed by atoms with Crippen molar-refractivity contribution in [2.75, 3.05) is 95.7 Å². The zero-order valence-electron chi connectivity index (χ0n) is 69.8. The van der Waals surface area contributed by atoms with E-state index in [1.165, 1.54) is 36.3 Å². The number of urea groups is 1. The molecule has 13 amide bonds. The van der Waals surface area contributed by atoms with Gasteiger partial charge in [0.25, 0.3) is 5.56 Å². The molecule has 670 valence electrons. The number of fused-ring (bicyclic) bond motifs is 25. The minimum absolute atomic E-state index is 0.0169. The summed E-state index contributed by atoms with van der Waals surface area (Å²) < 4.78 is 20.5. The van der Waals surface area contributed by atoms with Crippen LogP contribution in [0.2, 0.25) is 0 Å². The molecule has 129 heavy (non-hydrogen) atoms. The molecule has 0 saturated heterocycles. The van der Waals surface area contributed by atoms with Gasteiger partial charge in [-0.1, -0.05) is 109 Å². The maximum Gasteiger partial charge on any atom is 0.414 e. The average Bonchev–Trinajstić information content (AvgIpc) is 1.10. The number of aromatic hydroxyl groups is 1. The molecule has 43 nitrogen and oxygen atoms in total. The molecule has 5 aliphatic rings. The molecule has 9 aromatic rings. The van der Waals surface area contributed by atoms with Crippen LogP contribution >= 0.6 is 0 Å². The van der Waals surface area contributed by atoms with Crippen LogP contribution < -0.4 is 53.8 Å². The quantitative estimate of drug-likeness (QED) is 0.0472. The van der Waals surface area contributed by atoms with Crippen LogP contribution in [0.25, 0.3) is 22.3 Å². The number of hydrogen-bond acceptors (Lipinski definition) is 25. The number of carbonyl (C=O) groups excluding carboxylic acids is 12. The lowest BCUT2D eigenvalue weighted by Gasteiger charge is -2.30. The van der Waals surface area contributed by atoms with Crippen LogP contribution in [-0.4, -0.2) is 252 Å². The number of amides is 13. The first-order valence-corrected chi connectivity index (χ1v) is 40.9. The van der Waals surface area contributed by atoms with Crippen molar-refractivity contribution in [3.63, 3.8) is 0 Å². The Morgan fingerprint density at radius 1 is 0.597 bits per heavy atom. The van der Waals surface area contributed by atoms with E-state index in [2.05, 4.69) is 96.1 Å². The van der Waals surface area contributed by atoms with Gasteiger partial charge in [0.1, 0.15) is 65.0 Å². The fourth-order valence-electron chi connectivity index (χ4n) is 13.6. The van der Waals surface area contributed by atoms with Crippen LogP contribution in [-0.2, 0) is 103 Å². The number of aryl methyl sites for hydroxylation is 1. The number of aromatic nitrogens is 10. The number of nitrogens with zero attached hydrogens (tertiary/aromatic N) is 15.